The number of anilines is 1. The lowest BCUT2D eigenvalue weighted by atomic mass is 10.0. The fourth-order valence-corrected chi connectivity index (χ4v) is 3.55. The molecule has 1 amide bonds. The van der Waals surface area contributed by atoms with Crippen molar-refractivity contribution in [2.75, 3.05) is 24.2 Å². The topological polar surface area (TPSA) is 75.7 Å². The maximum absolute atomic E-state index is 12.5. The zero-order valence-electron chi connectivity index (χ0n) is 16.3. The number of ether oxygens (including phenoxy) is 1. The Bertz CT molecular complexity index is 925. The molecule has 0 spiro atoms. The predicted molar refractivity (Wildman–Crippen MR) is 108 cm³/mol. The largest absolute Gasteiger partial charge is 0.497 e. The molecular weight excluding hydrogens is 364 g/mol. The highest BCUT2D eigenvalue weighted by atomic mass is 32.2. The Balaban J connectivity index is 2.17. The van der Waals surface area contributed by atoms with Crippen LogP contribution < -0.4 is 14.4 Å². The van der Waals surface area contributed by atoms with Crippen LogP contribution in [0.15, 0.2) is 42.5 Å². The molecule has 1 atom stereocenters. The third-order valence-electron chi connectivity index (χ3n) is 4.44. The summed E-state index contributed by atoms with van der Waals surface area (Å²) in [4.78, 5) is 12.5. The zero-order chi connectivity index (χ0) is 20.2. The maximum Gasteiger partial charge on any atom is 0.241 e. The van der Waals surface area contributed by atoms with Crippen LogP contribution in [0.1, 0.15) is 29.7 Å². The molecule has 0 heterocycles. The molecule has 0 aromatic heterocycles. The first-order valence-corrected chi connectivity index (χ1v) is 10.4. The van der Waals surface area contributed by atoms with Gasteiger partial charge in [0.05, 0.1) is 25.1 Å². The number of carbonyl (C=O) groups is 1. The predicted octanol–water partition coefficient (Wildman–Crippen LogP) is 2.96. The van der Waals surface area contributed by atoms with Gasteiger partial charge in [0.15, 0.2) is 0 Å². The Hall–Kier alpha value is -2.54. The summed E-state index contributed by atoms with van der Waals surface area (Å²) in [6, 6.07) is 12.4. The highest BCUT2D eigenvalue weighted by Gasteiger charge is 2.22. The lowest BCUT2D eigenvalue weighted by molar-refractivity contribution is -0.120. The number of carbonyl (C=O) groups excluding carboxylic acids is 1. The summed E-state index contributed by atoms with van der Waals surface area (Å²) in [6.07, 6.45) is 1.08. The van der Waals surface area contributed by atoms with Gasteiger partial charge >= 0.3 is 0 Å². The van der Waals surface area contributed by atoms with Crippen LogP contribution in [0.25, 0.3) is 0 Å². The average Bonchev–Trinajstić information content (AvgIpc) is 2.61. The van der Waals surface area contributed by atoms with Crippen molar-refractivity contribution in [3.8, 4) is 5.75 Å². The van der Waals surface area contributed by atoms with Crippen molar-refractivity contribution in [1.29, 1.82) is 0 Å². The van der Waals surface area contributed by atoms with Gasteiger partial charge < -0.3 is 10.1 Å². The summed E-state index contributed by atoms with van der Waals surface area (Å²) < 4.78 is 30.6. The summed E-state index contributed by atoms with van der Waals surface area (Å²) in [7, 11) is -2.13. The third kappa shape index (κ3) is 5.47. The van der Waals surface area contributed by atoms with Gasteiger partial charge in [-0.25, -0.2) is 8.42 Å². The first-order valence-electron chi connectivity index (χ1n) is 8.60. The number of rotatable bonds is 7. The Morgan fingerprint density at radius 3 is 2.44 bits per heavy atom. The number of methoxy groups -OCH3 is 1. The van der Waals surface area contributed by atoms with Crippen molar-refractivity contribution in [3.63, 3.8) is 0 Å². The summed E-state index contributed by atoms with van der Waals surface area (Å²) in [6.45, 7) is 5.61. The van der Waals surface area contributed by atoms with Gasteiger partial charge in [0.1, 0.15) is 12.3 Å². The van der Waals surface area contributed by atoms with Crippen molar-refractivity contribution >= 4 is 21.6 Å². The number of nitrogens with zero attached hydrogens (tertiary/aromatic N) is 1. The van der Waals surface area contributed by atoms with Crippen LogP contribution in [-0.2, 0) is 14.8 Å². The molecule has 1 N–H and O–H groups in total. The molecule has 2 aromatic rings. The maximum atomic E-state index is 12.5. The Morgan fingerprint density at radius 2 is 1.85 bits per heavy atom. The van der Waals surface area contributed by atoms with Crippen LogP contribution in [-0.4, -0.2) is 34.2 Å². The van der Waals surface area contributed by atoms with Gasteiger partial charge in [-0.2, -0.15) is 0 Å². The van der Waals surface area contributed by atoms with E-state index in [1.54, 1.807) is 24.3 Å². The minimum Gasteiger partial charge on any atom is -0.497 e. The molecular formula is C20H26N2O4S. The van der Waals surface area contributed by atoms with Crippen molar-refractivity contribution in [2.45, 2.75) is 26.8 Å². The van der Waals surface area contributed by atoms with E-state index < -0.39 is 10.0 Å². The second-order valence-corrected chi connectivity index (χ2v) is 8.51. The van der Waals surface area contributed by atoms with Gasteiger partial charge in [-0.15, -0.1) is 0 Å². The minimum absolute atomic E-state index is 0.233. The Kier molecular flexibility index (Phi) is 6.49. The molecule has 0 fully saturated rings. The second-order valence-electron chi connectivity index (χ2n) is 6.60. The molecule has 146 valence electrons. The van der Waals surface area contributed by atoms with Crippen molar-refractivity contribution < 1.29 is 17.9 Å². The molecule has 6 nitrogen and oxygen atoms in total. The molecule has 0 saturated heterocycles. The molecule has 0 saturated carbocycles. The van der Waals surface area contributed by atoms with E-state index in [1.807, 2.05) is 39.0 Å². The van der Waals surface area contributed by atoms with E-state index in [1.165, 1.54) is 12.7 Å². The standard InChI is InChI=1S/C20H26N2O4S/c1-14-9-10-17(11-15(14)2)16(3)21-20(23)13-22(27(5,24)25)18-7-6-8-19(12-18)26-4/h6-12,16H,13H2,1-5H3,(H,21,23). The molecule has 0 radical (unpaired) electrons. The van der Waals surface area contributed by atoms with Gasteiger partial charge in [0, 0.05) is 6.07 Å². The number of sulfonamides is 1. The third-order valence-corrected chi connectivity index (χ3v) is 5.58. The molecule has 0 aliphatic carbocycles. The molecule has 7 heteroatoms. The summed E-state index contributed by atoms with van der Waals surface area (Å²) in [5, 5.41) is 2.87. The first kappa shape index (κ1) is 20.8. The summed E-state index contributed by atoms with van der Waals surface area (Å²) in [5.41, 5.74) is 3.67. The molecule has 1 unspecified atom stereocenters. The van der Waals surface area contributed by atoms with Crippen LogP contribution in [0.3, 0.4) is 0 Å². The monoisotopic (exact) mass is 390 g/mol. The van der Waals surface area contributed by atoms with E-state index in [0.29, 0.717) is 11.4 Å². The average molecular weight is 391 g/mol. The zero-order valence-corrected chi connectivity index (χ0v) is 17.1. The lowest BCUT2D eigenvalue weighted by Gasteiger charge is -2.23. The summed E-state index contributed by atoms with van der Waals surface area (Å²) >= 11 is 0. The van der Waals surface area contributed by atoms with E-state index in [2.05, 4.69) is 5.32 Å². The van der Waals surface area contributed by atoms with Crippen LogP contribution in [0.5, 0.6) is 5.75 Å². The van der Waals surface area contributed by atoms with Crippen LogP contribution in [0, 0.1) is 13.8 Å². The Morgan fingerprint density at radius 1 is 1.15 bits per heavy atom. The molecule has 27 heavy (non-hydrogen) atoms. The molecule has 0 bridgehead atoms. The van der Waals surface area contributed by atoms with Crippen molar-refractivity contribution in [1.82, 2.24) is 5.32 Å². The normalized spacial score (nSPS) is 12.3. The molecule has 0 aliphatic heterocycles. The SMILES string of the molecule is COc1cccc(N(CC(=O)NC(C)c2ccc(C)c(C)c2)S(C)(=O)=O)c1. The van der Waals surface area contributed by atoms with Crippen LogP contribution in [0.2, 0.25) is 0 Å². The smallest absolute Gasteiger partial charge is 0.241 e. The number of benzene rings is 2. The number of hydrogen-bond acceptors (Lipinski definition) is 4. The number of amides is 1. The second kappa shape index (κ2) is 8.43. The van der Waals surface area contributed by atoms with E-state index >= 15 is 0 Å². The molecule has 0 aliphatic rings. The Labute approximate surface area is 161 Å². The first-order chi connectivity index (χ1) is 12.6. The van der Waals surface area contributed by atoms with Crippen LogP contribution >= 0.6 is 0 Å². The van der Waals surface area contributed by atoms with Crippen molar-refractivity contribution in [3.05, 3.63) is 59.2 Å². The molecule has 2 aromatic carbocycles. The van der Waals surface area contributed by atoms with Gasteiger partial charge in [0.2, 0.25) is 15.9 Å². The minimum atomic E-state index is -3.63. The van der Waals surface area contributed by atoms with Gasteiger partial charge in [-0.1, -0.05) is 24.3 Å². The fourth-order valence-electron chi connectivity index (χ4n) is 2.70. The lowest BCUT2D eigenvalue weighted by Crippen LogP contribution is -2.41. The number of hydrogen-bond donors (Lipinski definition) is 1. The van der Waals surface area contributed by atoms with E-state index in [-0.39, 0.29) is 18.5 Å². The fraction of sp³-hybridized carbons (Fsp3) is 0.350. The number of aryl methyl sites for hydroxylation is 2. The highest BCUT2D eigenvalue weighted by Crippen LogP contribution is 2.23. The van der Waals surface area contributed by atoms with E-state index in [9.17, 15) is 13.2 Å². The van der Waals surface area contributed by atoms with Gasteiger partial charge in [-0.05, 0) is 49.6 Å². The van der Waals surface area contributed by atoms with Gasteiger partial charge in [-0.3, -0.25) is 9.10 Å². The van der Waals surface area contributed by atoms with Crippen molar-refractivity contribution in [2.24, 2.45) is 0 Å². The number of nitrogens with one attached hydrogen (secondary N) is 1. The van der Waals surface area contributed by atoms with E-state index in [4.69, 9.17) is 4.74 Å². The summed E-state index contributed by atoms with van der Waals surface area (Å²) in [5.74, 6) is 0.138. The quantitative estimate of drug-likeness (QED) is 0.789. The van der Waals surface area contributed by atoms with E-state index in [0.717, 1.165) is 21.7 Å². The molecule has 2 rings (SSSR count). The van der Waals surface area contributed by atoms with Crippen LogP contribution in [0.4, 0.5) is 5.69 Å². The highest BCUT2D eigenvalue weighted by molar-refractivity contribution is 7.92. The van der Waals surface area contributed by atoms with Gasteiger partial charge in [0.25, 0.3) is 0 Å².